The Morgan fingerprint density at radius 3 is 2.58 bits per heavy atom. The molecule has 3 N–H and O–H groups in total. The van der Waals surface area contributed by atoms with Crippen molar-refractivity contribution in [3.05, 3.63) is 29.8 Å². The number of nitrogens with one attached hydrogen (secondary N) is 3. The Hall–Kier alpha value is -2.09. The Labute approximate surface area is 188 Å². The van der Waals surface area contributed by atoms with Crippen LogP contribution in [0.2, 0.25) is 0 Å². The van der Waals surface area contributed by atoms with Gasteiger partial charge in [-0.05, 0) is 56.2 Å². The van der Waals surface area contributed by atoms with Gasteiger partial charge in [0.05, 0.1) is 0 Å². The number of benzene rings is 1. The molecule has 0 aliphatic heterocycles. The van der Waals surface area contributed by atoms with Crippen molar-refractivity contribution >= 4 is 22.7 Å². The summed E-state index contributed by atoms with van der Waals surface area (Å²) in [5.74, 6) is 2.19. The average Bonchev–Trinajstić information content (AvgIpc) is 3.61. The SMILES string of the molecule is CCS(=O)C1CCCC(NC(=NC)NCCc2ccc(OCC(=O)NC3CC3)cc2)C1. The van der Waals surface area contributed by atoms with Crippen LogP contribution in [0.15, 0.2) is 29.3 Å². The van der Waals surface area contributed by atoms with E-state index in [-0.39, 0.29) is 12.5 Å². The molecule has 3 unspecified atom stereocenters. The number of rotatable bonds is 10. The summed E-state index contributed by atoms with van der Waals surface area (Å²) >= 11 is 0. The van der Waals surface area contributed by atoms with E-state index in [1.54, 1.807) is 7.05 Å². The fourth-order valence-electron chi connectivity index (χ4n) is 3.86. The first kappa shape index (κ1) is 23.6. The van der Waals surface area contributed by atoms with Crippen molar-refractivity contribution in [2.75, 3.05) is 26.0 Å². The Balaban J connectivity index is 1.36. The Morgan fingerprint density at radius 2 is 1.90 bits per heavy atom. The van der Waals surface area contributed by atoms with Crippen molar-refractivity contribution in [1.82, 2.24) is 16.0 Å². The molecule has 1 aromatic rings. The summed E-state index contributed by atoms with van der Waals surface area (Å²) in [6.45, 7) is 2.83. The summed E-state index contributed by atoms with van der Waals surface area (Å²) in [7, 11) is 1.06. The van der Waals surface area contributed by atoms with E-state index in [2.05, 4.69) is 20.9 Å². The molecule has 0 heterocycles. The summed E-state index contributed by atoms with van der Waals surface area (Å²) in [6.07, 6.45) is 7.23. The van der Waals surface area contributed by atoms with Gasteiger partial charge >= 0.3 is 0 Å². The molecule has 7 nitrogen and oxygen atoms in total. The van der Waals surface area contributed by atoms with Crippen LogP contribution in [0.25, 0.3) is 0 Å². The van der Waals surface area contributed by atoms with Crippen LogP contribution in [-0.4, -0.2) is 59.4 Å². The molecule has 0 spiro atoms. The highest BCUT2D eigenvalue weighted by Gasteiger charge is 2.26. The third kappa shape index (κ3) is 8.16. The van der Waals surface area contributed by atoms with Crippen molar-refractivity contribution in [3.8, 4) is 5.75 Å². The fourth-order valence-corrected chi connectivity index (χ4v) is 5.21. The van der Waals surface area contributed by atoms with Gasteiger partial charge in [-0.25, -0.2) is 0 Å². The summed E-state index contributed by atoms with van der Waals surface area (Å²) in [5.41, 5.74) is 1.19. The lowest BCUT2D eigenvalue weighted by molar-refractivity contribution is -0.123. The van der Waals surface area contributed by atoms with E-state index in [9.17, 15) is 9.00 Å². The molecule has 2 fully saturated rings. The number of hydrogen-bond donors (Lipinski definition) is 3. The van der Waals surface area contributed by atoms with Gasteiger partial charge in [-0.2, -0.15) is 0 Å². The van der Waals surface area contributed by atoms with E-state index in [1.165, 1.54) is 5.56 Å². The number of carbonyl (C=O) groups is 1. The number of aliphatic imine (C=N–C) groups is 1. The molecule has 3 rings (SSSR count). The minimum Gasteiger partial charge on any atom is -0.484 e. The van der Waals surface area contributed by atoms with Crippen LogP contribution in [0.3, 0.4) is 0 Å². The summed E-state index contributed by atoms with van der Waals surface area (Å²) in [4.78, 5) is 16.0. The normalized spacial score (nSPS) is 22.5. The first-order chi connectivity index (χ1) is 15.1. The van der Waals surface area contributed by atoms with Crippen LogP contribution in [0.1, 0.15) is 51.0 Å². The second kappa shape index (κ2) is 12.1. The summed E-state index contributed by atoms with van der Waals surface area (Å²) in [5, 5.41) is 10.1. The van der Waals surface area contributed by atoms with Gasteiger partial charge in [0.25, 0.3) is 5.91 Å². The first-order valence-electron chi connectivity index (χ1n) is 11.4. The lowest BCUT2D eigenvalue weighted by Gasteiger charge is -2.30. The summed E-state index contributed by atoms with van der Waals surface area (Å²) < 4.78 is 17.7. The topological polar surface area (TPSA) is 91.8 Å². The van der Waals surface area contributed by atoms with Gasteiger partial charge in [0.15, 0.2) is 12.6 Å². The molecule has 0 aromatic heterocycles. The van der Waals surface area contributed by atoms with Gasteiger partial charge in [0.2, 0.25) is 0 Å². The maximum absolute atomic E-state index is 12.1. The minimum absolute atomic E-state index is 0.0557. The molecule has 0 saturated heterocycles. The molecular weight excluding hydrogens is 412 g/mol. The quantitative estimate of drug-likeness (QED) is 0.377. The maximum atomic E-state index is 12.1. The van der Waals surface area contributed by atoms with E-state index in [0.717, 1.165) is 63.2 Å². The molecule has 3 atom stereocenters. The number of carbonyl (C=O) groups excluding carboxylic acids is 1. The van der Waals surface area contributed by atoms with E-state index in [1.807, 2.05) is 31.2 Å². The van der Waals surface area contributed by atoms with Crippen LogP contribution in [0, 0.1) is 0 Å². The Bertz CT molecular complexity index is 765. The van der Waals surface area contributed by atoms with Crippen LogP contribution in [0.5, 0.6) is 5.75 Å². The second-order valence-electron chi connectivity index (χ2n) is 8.32. The number of ether oxygens (including phenoxy) is 1. The standard InChI is InChI=1S/C23H36N4O3S/c1-3-31(29)21-6-4-5-19(15-21)27-23(24-2)25-14-13-17-7-11-20(12-8-17)30-16-22(28)26-18-9-10-18/h7-8,11-12,18-19,21H,3-6,9-10,13-16H2,1-2H3,(H,26,28)(H2,24,25,27). The first-order valence-corrected chi connectivity index (χ1v) is 12.8. The summed E-state index contributed by atoms with van der Waals surface area (Å²) in [6, 6.07) is 8.55. The van der Waals surface area contributed by atoms with E-state index in [0.29, 0.717) is 23.1 Å². The van der Waals surface area contributed by atoms with Crippen LogP contribution >= 0.6 is 0 Å². The lowest BCUT2D eigenvalue weighted by Crippen LogP contribution is -2.47. The van der Waals surface area contributed by atoms with Gasteiger partial charge in [-0.3, -0.25) is 14.0 Å². The fraction of sp³-hybridized carbons (Fsp3) is 0.652. The van der Waals surface area contributed by atoms with Crippen molar-refractivity contribution in [2.24, 2.45) is 4.99 Å². The smallest absolute Gasteiger partial charge is 0.258 e. The molecular formula is C23H36N4O3S. The van der Waals surface area contributed by atoms with Crippen LogP contribution < -0.4 is 20.7 Å². The largest absolute Gasteiger partial charge is 0.484 e. The van der Waals surface area contributed by atoms with Gasteiger partial charge in [0.1, 0.15) is 5.75 Å². The predicted octanol–water partition coefficient (Wildman–Crippen LogP) is 2.13. The average molecular weight is 449 g/mol. The van der Waals surface area contributed by atoms with E-state index >= 15 is 0 Å². The Kier molecular flexibility index (Phi) is 9.18. The zero-order valence-corrected chi connectivity index (χ0v) is 19.5. The molecule has 0 radical (unpaired) electrons. The number of nitrogens with zero attached hydrogens (tertiary/aromatic N) is 1. The third-order valence-corrected chi connectivity index (χ3v) is 7.53. The van der Waals surface area contributed by atoms with Gasteiger partial charge in [0, 0.05) is 47.5 Å². The third-order valence-electron chi connectivity index (χ3n) is 5.79. The molecule has 2 aliphatic rings. The molecule has 1 amide bonds. The molecule has 0 bridgehead atoms. The number of hydrogen-bond acceptors (Lipinski definition) is 4. The highest BCUT2D eigenvalue weighted by atomic mass is 32.2. The number of amides is 1. The molecule has 8 heteroatoms. The lowest BCUT2D eigenvalue weighted by atomic mass is 9.95. The monoisotopic (exact) mass is 448 g/mol. The van der Waals surface area contributed by atoms with Crippen molar-refractivity contribution < 1.29 is 13.7 Å². The zero-order chi connectivity index (χ0) is 22.1. The highest BCUT2D eigenvalue weighted by Crippen LogP contribution is 2.23. The second-order valence-corrected chi connectivity index (χ2v) is 10.3. The van der Waals surface area contributed by atoms with Crippen molar-refractivity contribution in [1.29, 1.82) is 0 Å². The van der Waals surface area contributed by atoms with E-state index < -0.39 is 10.8 Å². The van der Waals surface area contributed by atoms with Crippen LogP contribution in [0.4, 0.5) is 0 Å². The van der Waals surface area contributed by atoms with Crippen molar-refractivity contribution in [2.45, 2.75) is 69.2 Å². The zero-order valence-electron chi connectivity index (χ0n) is 18.7. The Morgan fingerprint density at radius 1 is 1.13 bits per heavy atom. The van der Waals surface area contributed by atoms with Crippen LogP contribution in [-0.2, 0) is 22.0 Å². The molecule has 172 valence electrons. The maximum Gasteiger partial charge on any atom is 0.258 e. The van der Waals surface area contributed by atoms with Gasteiger partial charge in [-0.15, -0.1) is 0 Å². The number of guanidine groups is 1. The molecule has 1 aromatic carbocycles. The minimum atomic E-state index is -0.720. The molecule has 2 aliphatic carbocycles. The van der Waals surface area contributed by atoms with E-state index in [4.69, 9.17) is 4.74 Å². The van der Waals surface area contributed by atoms with Crippen molar-refractivity contribution in [3.63, 3.8) is 0 Å². The predicted molar refractivity (Wildman–Crippen MR) is 126 cm³/mol. The molecule has 2 saturated carbocycles. The van der Waals surface area contributed by atoms with Gasteiger partial charge in [-0.1, -0.05) is 25.5 Å². The van der Waals surface area contributed by atoms with Gasteiger partial charge < -0.3 is 20.7 Å². The molecule has 31 heavy (non-hydrogen) atoms. The highest BCUT2D eigenvalue weighted by molar-refractivity contribution is 7.85.